The van der Waals surface area contributed by atoms with E-state index in [1.54, 1.807) is 0 Å². The summed E-state index contributed by atoms with van der Waals surface area (Å²) in [5, 5.41) is -0.423. The van der Waals surface area contributed by atoms with Crippen molar-refractivity contribution in [2.45, 2.75) is 37.6 Å². The van der Waals surface area contributed by atoms with E-state index in [0.717, 1.165) is 6.07 Å². The minimum atomic E-state index is -4.62. The van der Waals surface area contributed by atoms with Crippen LogP contribution in [0.3, 0.4) is 0 Å². The fraction of sp³-hybridized carbons (Fsp3) is 0.545. The topological polar surface area (TPSA) is 76.3 Å². The number of alkyl halides is 3. The average Bonchev–Trinajstić information content (AvgIpc) is 2.34. The maximum Gasteiger partial charge on any atom is 0.402 e. The van der Waals surface area contributed by atoms with Crippen LogP contribution in [0.2, 0.25) is 0 Å². The van der Waals surface area contributed by atoms with Gasteiger partial charge < -0.3 is 5.73 Å². The molecule has 0 aliphatic carbocycles. The highest BCUT2D eigenvalue weighted by Crippen LogP contribution is 2.23. The summed E-state index contributed by atoms with van der Waals surface area (Å²) in [6.45, 7) is 1.37. The number of aromatic nitrogens is 1. The Hall–Kier alpha value is -1.19. The molecule has 1 heterocycles. The molecular formula is C11H16F3N3O2S. The van der Waals surface area contributed by atoms with Crippen LogP contribution >= 0.6 is 0 Å². The number of sulfonamides is 1. The van der Waals surface area contributed by atoms with Crippen molar-refractivity contribution in [3.63, 3.8) is 0 Å². The van der Waals surface area contributed by atoms with Crippen molar-refractivity contribution < 1.29 is 21.6 Å². The molecule has 0 aromatic carbocycles. The fourth-order valence-corrected chi connectivity index (χ4v) is 3.06. The molecule has 5 nitrogen and oxygen atoms in total. The number of hydrogen-bond acceptors (Lipinski definition) is 4. The van der Waals surface area contributed by atoms with Gasteiger partial charge in [-0.1, -0.05) is 6.07 Å². The number of halogens is 3. The lowest BCUT2D eigenvalue weighted by atomic mass is 10.3. The third-order valence-electron chi connectivity index (χ3n) is 2.52. The molecule has 0 radical (unpaired) electrons. The van der Waals surface area contributed by atoms with E-state index in [1.165, 1.54) is 26.1 Å². The highest BCUT2D eigenvalue weighted by Gasteiger charge is 2.38. The summed E-state index contributed by atoms with van der Waals surface area (Å²) in [5.74, 6) is 0. The molecule has 0 fully saturated rings. The zero-order valence-corrected chi connectivity index (χ0v) is 11.9. The first-order valence-corrected chi connectivity index (χ1v) is 7.25. The molecule has 0 spiro atoms. The van der Waals surface area contributed by atoms with E-state index in [0.29, 0.717) is 9.87 Å². The second kappa shape index (κ2) is 6.06. The summed E-state index contributed by atoms with van der Waals surface area (Å²) in [5.41, 5.74) is 5.95. The summed E-state index contributed by atoms with van der Waals surface area (Å²) >= 11 is 0. The third-order valence-corrected chi connectivity index (χ3v) is 4.46. The summed E-state index contributed by atoms with van der Waals surface area (Å²) in [7, 11) is -4.30. The van der Waals surface area contributed by atoms with Crippen LogP contribution in [0.15, 0.2) is 23.4 Å². The Morgan fingerprint density at radius 1 is 1.35 bits per heavy atom. The standard InChI is InChI=1S/C11H16F3N3O2S/c1-8(2)17(7-11(12,13)14)20(18,19)10-4-3-9(5-15)6-16-10/h3-4,6,8H,5,7,15H2,1-2H3. The molecule has 114 valence electrons. The van der Waals surface area contributed by atoms with Gasteiger partial charge in [0.1, 0.15) is 6.54 Å². The maximum atomic E-state index is 12.5. The van der Waals surface area contributed by atoms with Gasteiger partial charge in [0.15, 0.2) is 5.03 Å². The van der Waals surface area contributed by atoms with Gasteiger partial charge in [-0.15, -0.1) is 0 Å². The van der Waals surface area contributed by atoms with Gasteiger partial charge in [0.2, 0.25) is 0 Å². The molecule has 0 saturated carbocycles. The lowest BCUT2D eigenvalue weighted by Gasteiger charge is -2.26. The van der Waals surface area contributed by atoms with Crippen molar-refractivity contribution in [3.8, 4) is 0 Å². The SMILES string of the molecule is CC(C)N(CC(F)(F)F)S(=O)(=O)c1ccc(CN)cn1. The van der Waals surface area contributed by atoms with Crippen LogP contribution in [0.1, 0.15) is 19.4 Å². The Kier molecular flexibility index (Phi) is 5.11. The van der Waals surface area contributed by atoms with Crippen LogP contribution in [0, 0.1) is 0 Å². The van der Waals surface area contributed by atoms with Crippen LogP contribution < -0.4 is 5.73 Å². The monoisotopic (exact) mass is 311 g/mol. The smallest absolute Gasteiger partial charge is 0.326 e. The van der Waals surface area contributed by atoms with Crippen LogP contribution in [-0.2, 0) is 16.6 Å². The summed E-state index contributed by atoms with van der Waals surface area (Å²) in [4.78, 5) is 3.68. The molecule has 0 saturated heterocycles. The zero-order valence-electron chi connectivity index (χ0n) is 11.1. The maximum absolute atomic E-state index is 12.5. The van der Waals surface area contributed by atoms with Crippen molar-refractivity contribution in [3.05, 3.63) is 23.9 Å². The summed E-state index contributed by atoms with van der Waals surface area (Å²) < 4.78 is 62.2. The van der Waals surface area contributed by atoms with Crippen molar-refractivity contribution in [1.29, 1.82) is 0 Å². The molecule has 2 N–H and O–H groups in total. The van der Waals surface area contributed by atoms with E-state index >= 15 is 0 Å². The Bertz CT molecular complexity index is 541. The van der Waals surface area contributed by atoms with Crippen molar-refractivity contribution >= 4 is 10.0 Å². The number of nitrogens with two attached hydrogens (primary N) is 1. The van der Waals surface area contributed by atoms with Crippen LogP contribution in [0.25, 0.3) is 0 Å². The van der Waals surface area contributed by atoms with Gasteiger partial charge in [0, 0.05) is 18.8 Å². The van der Waals surface area contributed by atoms with Gasteiger partial charge in [-0.25, -0.2) is 13.4 Å². The predicted molar refractivity (Wildman–Crippen MR) is 67.2 cm³/mol. The van der Waals surface area contributed by atoms with Gasteiger partial charge in [0.05, 0.1) is 0 Å². The van der Waals surface area contributed by atoms with Gasteiger partial charge in [-0.05, 0) is 25.5 Å². The van der Waals surface area contributed by atoms with Gasteiger partial charge in [-0.3, -0.25) is 0 Å². The lowest BCUT2D eigenvalue weighted by Crippen LogP contribution is -2.43. The molecule has 0 atom stereocenters. The average molecular weight is 311 g/mol. The molecule has 0 aliphatic rings. The van der Waals surface area contributed by atoms with Crippen molar-refractivity contribution in [1.82, 2.24) is 9.29 Å². The molecule has 0 aliphatic heterocycles. The predicted octanol–water partition coefficient (Wildman–Crippen LogP) is 1.50. The molecular weight excluding hydrogens is 295 g/mol. The van der Waals surface area contributed by atoms with E-state index in [-0.39, 0.29) is 6.54 Å². The second-order valence-electron chi connectivity index (χ2n) is 4.47. The van der Waals surface area contributed by atoms with Crippen LogP contribution in [-0.4, -0.2) is 36.5 Å². The largest absolute Gasteiger partial charge is 0.402 e. The number of nitrogens with zero attached hydrogens (tertiary/aromatic N) is 2. The van der Waals surface area contributed by atoms with E-state index in [9.17, 15) is 21.6 Å². The molecule has 0 unspecified atom stereocenters. The number of rotatable bonds is 5. The van der Waals surface area contributed by atoms with E-state index in [4.69, 9.17) is 5.73 Å². The Morgan fingerprint density at radius 2 is 1.95 bits per heavy atom. The minimum absolute atomic E-state index is 0.170. The molecule has 20 heavy (non-hydrogen) atoms. The first kappa shape index (κ1) is 16.9. The van der Waals surface area contributed by atoms with Gasteiger partial charge in [-0.2, -0.15) is 17.5 Å². The highest BCUT2D eigenvalue weighted by molar-refractivity contribution is 7.89. The summed E-state index contributed by atoms with van der Waals surface area (Å²) in [6, 6.07) is 1.74. The first-order valence-electron chi connectivity index (χ1n) is 5.81. The highest BCUT2D eigenvalue weighted by atomic mass is 32.2. The third kappa shape index (κ3) is 4.15. The molecule has 0 amide bonds. The normalized spacial score (nSPS) is 13.2. The first-order chi connectivity index (χ1) is 9.08. The van der Waals surface area contributed by atoms with Crippen LogP contribution in [0.5, 0.6) is 0 Å². The number of pyridine rings is 1. The van der Waals surface area contributed by atoms with Crippen molar-refractivity contribution in [2.24, 2.45) is 5.73 Å². The van der Waals surface area contributed by atoms with Gasteiger partial charge >= 0.3 is 6.18 Å². The number of hydrogen-bond donors (Lipinski definition) is 1. The Morgan fingerprint density at radius 3 is 2.30 bits per heavy atom. The fourth-order valence-electron chi connectivity index (χ4n) is 1.53. The van der Waals surface area contributed by atoms with Gasteiger partial charge in [0.25, 0.3) is 10.0 Å². The van der Waals surface area contributed by atoms with E-state index < -0.39 is 33.8 Å². The van der Waals surface area contributed by atoms with E-state index in [1.807, 2.05) is 0 Å². The Balaban J connectivity index is 3.15. The summed E-state index contributed by atoms with van der Waals surface area (Å²) in [6.07, 6.45) is -3.38. The van der Waals surface area contributed by atoms with E-state index in [2.05, 4.69) is 4.98 Å². The lowest BCUT2D eigenvalue weighted by molar-refractivity contribution is -0.138. The molecule has 1 aromatic rings. The van der Waals surface area contributed by atoms with Crippen molar-refractivity contribution in [2.75, 3.05) is 6.54 Å². The molecule has 1 aromatic heterocycles. The second-order valence-corrected chi connectivity index (χ2v) is 6.31. The molecule has 0 bridgehead atoms. The van der Waals surface area contributed by atoms with Crippen LogP contribution in [0.4, 0.5) is 13.2 Å². The zero-order chi connectivity index (χ0) is 15.6. The molecule has 9 heteroatoms. The molecule has 1 rings (SSSR count). The Labute approximate surface area is 115 Å². The quantitative estimate of drug-likeness (QED) is 0.894. The minimum Gasteiger partial charge on any atom is -0.326 e.